The molecule has 0 heterocycles. The van der Waals surface area contributed by atoms with Gasteiger partial charge in [-0.2, -0.15) is 0 Å². The van der Waals surface area contributed by atoms with Crippen LogP contribution in [-0.4, -0.2) is 13.2 Å². The Kier molecular flexibility index (Phi) is 5.53. The molecule has 2 rings (SSSR count). The lowest BCUT2D eigenvalue weighted by Gasteiger charge is -2.10. The molecular formula is C16H25NO. The van der Waals surface area contributed by atoms with E-state index in [1.165, 1.54) is 37.7 Å². The highest BCUT2D eigenvalue weighted by Crippen LogP contribution is 2.26. The molecule has 0 spiro atoms. The van der Waals surface area contributed by atoms with Crippen LogP contribution in [0.4, 0.5) is 0 Å². The second-order valence-electron chi connectivity index (χ2n) is 5.19. The van der Waals surface area contributed by atoms with Gasteiger partial charge >= 0.3 is 0 Å². The van der Waals surface area contributed by atoms with Gasteiger partial charge in [0.15, 0.2) is 0 Å². The minimum Gasteiger partial charge on any atom is -0.494 e. The molecule has 0 saturated heterocycles. The van der Waals surface area contributed by atoms with Crippen LogP contribution in [0.5, 0.6) is 5.75 Å². The minimum atomic E-state index is 0.735. The van der Waals surface area contributed by atoms with Crippen molar-refractivity contribution < 1.29 is 4.74 Å². The van der Waals surface area contributed by atoms with Crippen LogP contribution in [0.3, 0.4) is 0 Å². The molecule has 0 aliphatic heterocycles. The molecule has 2 heteroatoms. The zero-order valence-corrected chi connectivity index (χ0v) is 11.5. The Morgan fingerprint density at radius 2 is 1.89 bits per heavy atom. The molecule has 1 aromatic rings. The average Bonchev–Trinajstić information content (AvgIpc) is 2.90. The SMILES string of the molecule is CCOc1ccc(CNCCC2CCCC2)cc1. The maximum atomic E-state index is 5.43. The Balaban J connectivity index is 1.63. The van der Waals surface area contributed by atoms with Crippen molar-refractivity contribution in [2.75, 3.05) is 13.2 Å². The molecule has 18 heavy (non-hydrogen) atoms. The van der Waals surface area contributed by atoms with Crippen LogP contribution in [0.25, 0.3) is 0 Å². The Labute approximate surface area is 111 Å². The van der Waals surface area contributed by atoms with Gasteiger partial charge in [-0.15, -0.1) is 0 Å². The highest BCUT2D eigenvalue weighted by Gasteiger charge is 2.13. The van der Waals surface area contributed by atoms with Crippen molar-refractivity contribution in [3.05, 3.63) is 29.8 Å². The smallest absolute Gasteiger partial charge is 0.119 e. The molecule has 1 aromatic carbocycles. The summed E-state index contributed by atoms with van der Waals surface area (Å²) in [5.41, 5.74) is 1.34. The van der Waals surface area contributed by atoms with Crippen molar-refractivity contribution in [1.29, 1.82) is 0 Å². The van der Waals surface area contributed by atoms with Gasteiger partial charge in [-0.3, -0.25) is 0 Å². The molecule has 0 amide bonds. The van der Waals surface area contributed by atoms with Crippen molar-refractivity contribution in [2.45, 2.75) is 45.6 Å². The van der Waals surface area contributed by atoms with Crippen molar-refractivity contribution in [3.8, 4) is 5.75 Å². The third-order valence-electron chi connectivity index (χ3n) is 3.77. The maximum Gasteiger partial charge on any atom is 0.119 e. The molecule has 0 bridgehead atoms. The van der Waals surface area contributed by atoms with Crippen molar-refractivity contribution in [3.63, 3.8) is 0 Å². The van der Waals surface area contributed by atoms with E-state index in [4.69, 9.17) is 4.74 Å². The van der Waals surface area contributed by atoms with Crippen molar-refractivity contribution in [1.82, 2.24) is 5.32 Å². The van der Waals surface area contributed by atoms with Gasteiger partial charge in [-0.25, -0.2) is 0 Å². The second kappa shape index (κ2) is 7.42. The predicted octanol–water partition coefficient (Wildman–Crippen LogP) is 3.76. The van der Waals surface area contributed by atoms with Gasteiger partial charge in [0.1, 0.15) is 5.75 Å². The lowest BCUT2D eigenvalue weighted by molar-refractivity contribution is 0.340. The lowest BCUT2D eigenvalue weighted by atomic mass is 10.0. The van der Waals surface area contributed by atoms with E-state index in [0.29, 0.717) is 0 Å². The zero-order chi connectivity index (χ0) is 12.6. The third-order valence-corrected chi connectivity index (χ3v) is 3.77. The first-order valence-corrected chi connectivity index (χ1v) is 7.31. The first-order valence-electron chi connectivity index (χ1n) is 7.31. The quantitative estimate of drug-likeness (QED) is 0.741. The number of hydrogen-bond acceptors (Lipinski definition) is 2. The fourth-order valence-electron chi connectivity index (χ4n) is 2.71. The normalized spacial score (nSPS) is 16.1. The zero-order valence-electron chi connectivity index (χ0n) is 11.5. The summed E-state index contributed by atoms with van der Waals surface area (Å²) in [6, 6.07) is 8.40. The number of ether oxygens (including phenoxy) is 1. The highest BCUT2D eigenvalue weighted by molar-refractivity contribution is 5.27. The second-order valence-corrected chi connectivity index (χ2v) is 5.19. The Bertz CT molecular complexity index is 327. The minimum absolute atomic E-state index is 0.735. The Hall–Kier alpha value is -1.02. The molecule has 2 nitrogen and oxygen atoms in total. The van der Waals surface area contributed by atoms with Gasteiger partial charge in [-0.05, 0) is 43.5 Å². The van der Waals surface area contributed by atoms with E-state index in [-0.39, 0.29) is 0 Å². The first kappa shape index (κ1) is 13.4. The molecule has 1 N–H and O–H groups in total. The average molecular weight is 247 g/mol. The van der Waals surface area contributed by atoms with E-state index in [2.05, 4.69) is 29.6 Å². The fourth-order valence-corrected chi connectivity index (χ4v) is 2.71. The summed E-state index contributed by atoms with van der Waals surface area (Å²) in [4.78, 5) is 0. The summed E-state index contributed by atoms with van der Waals surface area (Å²) in [6.45, 7) is 4.87. The number of rotatable bonds is 7. The largest absolute Gasteiger partial charge is 0.494 e. The van der Waals surface area contributed by atoms with E-state index >= 15 is 0 Å². The van der Waals surface area contributed by atoms with Gasteiger partial charge in [0.05, 0.1) is 6.61 Å². The molecule has 0 unspecified atom stereocenters. The third kappa shape index (κ3) is 4.34. The molecule has 0 radical (unpaired) electrons. The summed E-state index contributed by atoms with van der Waals surface area (Å²) in [5.74, 6) is 1.95. The maximum absolute atomic E-state index is 5.43. The lowest BCUT2D eigenvalue weighted by Crippen LogP contribution is -2.16. The molecule has 1 aliphatic carbocycles. The van der Waals surface area contributed by atoms with Crippen LogP contribution in [0.2, 0.25) is 0 Å². The van der Waals surface area contributed by atoms with Gasteiger partial charge in [0.2, 0.25) is 0 Å². The predicted molar refractivity (Wildman–Crippen MR) is 75.9 cm³/mol. The van der Waals surface area contributed by atoms with E-state index in [1.807, 2.05) is 6.92 Å². The first-order chi connectivity index (χ1) is 8.88. The molecule has 0 atom stereocenters. The standard InChI is InChI=1S/C16H25NO/c1-2-18-16-9-7-15(8-10-16)13-17-12-11-14-5-3-4-6-14/h7-10,14,17H,2-6,11-13H2,1H3. The molecule has 100 valence electrons. The topological polar surface area (TPSA) is 21.3 Å². The number of nitrogens with one attached hydrogen (secondary N) is 1. The van der Waals surface area contributed by atoms with Crippen LogP contribution < -0.4 is 10.1 Å². The van der Waals surface area contributed by atoms with Crippen molar-refractivity contribution >= 4 is 0 Å². The molecular weight excluding hydrogens is 222 g/mol. The highest BCUT2D eigenvalue weighted by atomic mass is 16.5. The molecule has 0 aromatic heterocycles. The number of hydrogen-bond donors (Lipinski definition) is 1. The van der Waals surface area contributed by atoms with E-state index < -0.39 is 0 Å². The summed E-state index contributed by atoms with van der Waals surface area (Å²) >= 11 is 0. The van der Waals surface area contributed by atoms with Gasteiger partial charge < -0.3 is 10.1 Å². The molecule has 1 fully saturated rings. The van der Waals surface area contributed by atoms with Crippen LogP contribution in [-0.2, 0) is 6.54 Å². The monoisotopic (exact) mass is 247 g/mol. The summed E-state index contributed by atoms with van der Waals surface area (Å²) < 4.78 is 5.43. The van der Waals surface area contributed by atoms with Gasteiger partial charge in [0.25, 0.3) is 0 Å². The summed E-state index contributed by atoms with van der Waals surface area (Å²) in [5, 5.41) is 3.54. The van der Waals surface area contributed by atoms with Crippen molar-refractivity contribution in [2.24, 2.45) is 5.92 Å². The molecule has 1 saturated carbocycles. The van der Waals surface area contributed by atoms with Crippen LogP contribution >= 0.6 is 0 Å². The Morgan fingerprint density at radius 1 is 1.17 bits per heavy atom. The molecule has 1 aliphatic rings. The van der Waals surface area contributed by atoms with Gasteiger partial charge in [0, 0.05) is 6.54 Å². The van der Waals surface area contributed by atoms with Crippen LogP contribution in [0, 0.1) is 5.92 Å². The summed E-state index contributed by atoms with van der Waals surface area (Å²) in [7, 11) is 0. The Morgan fingerprint density at radius 3 is 2.56 bits per heavy atom. The van der Waals surface area contributed by atoms with Crippen LogP contribution in [0.1, 0.15) is 44.6 Å². The van der Waals surface area contributed by atoms with Gasteiger partial charge in [-0.1, -0.05) is 37.8 Å². The number of benzene rings is 1. The fraction of sp³-hybridized carbons (Fsp3) is 0.625. The van der Waals surface area contributed by atoms with E-state index in [9.17, 15) is 0 Å². The van der Waals surface area contributed by atoms with E-state index in [0.717, 1.165) is 31.4 Å². The van der Waals surface area contributed by atoms with E-state index in [1.54, 1.807) is 0 Å². The van der Waals surface area contributed by atoms with Crippen LogP contribution in [0.15, 0.2) is 24.3 Å². The summed E-state index contributed by atoms with van der Waals surface area (Å²) in [6.07, 6.45) is 7.14.